The van der Waals surface area contributed by atoms with Gasteiger partial charge in [0.1, 0.15) is 11.5 Å². The molecule has 146 valence electrons. The van der Waals surface area contributed by atoms with Crippen molar-refractivity contribution in [3.8, 4) is 22.9 Å². The molecule has 0 saturated heterocycles. The molecule has 0 aliphatic carbocycles. The van der Waals surface area contributed by atoms with Gasteiger partial charge in [-0.3, -0.25) is 4.79 Å². The third-order valence-corrected chi connectivity index (χ3v) is 5.26. The SMILES string of the molecule is COc1cc(OC)c(NC(=O)CSc2nnc(-c3ccccc3)n2C)cc1Cl. The summed E-state index contributed by atoms with van der Waals surface area (Å²) in [4.78, 5) is 12.4. The van der Waals surface area contributed by atoms with E-state index in [1.165, 1.54) is 26.0 Å². The number of rotatable bonds is 7. The lowest BCUT2D eigenvalue weighted by molar-refractivity contribution is -0.113. The molecule has 9 heteroatoms. The Bertz CT molecular complexity index is 979. The van der Waals surface area contributed by atoms with E-state index in [0.29, 0.717) is 27.4 Å². The number of hydrogen-bond acceptors (Lipinski definition) is 6. The first-order valence-electron chi connectivity index (χ1n) is 8.32. The number of hydrogen-bond donors (Lipinski definition) is 1. The van der Waals surface area contributed by atoms with Crippen molar-refractivity contribution < 1.29 is 14.3 Å². The molecule has 0 atom stereocenters. The topological polar surface area (TPSA) is 78.3 Å². The molecule has 0 spiro atoms. The Labute approximate surface area is 172 Å². The molecule has 28 heavy (non-hydrogen) atoms. The van der Waals surface area contributed by atoms with E-state index in [1.54, 1.807) is 12.1 Å². The monoisotopic (exact) mass is 418 g/mol. The molecule has 3 aromatic rings. The van der Waals surface area contributed by atoms with E-state index in [4.69, 9.17) is 21.1 Å². The van der Waals surface area contributed by atoms with Gasteiger partial charge < -0.3 is 19.4 Å². The highest BCUT2D eigenvalue weighted by molar-refractivity contribution is 7.99. The van der Waals surface area contributed by atoms with Crippen molar-refractivity contribution in [3.05, 3.63) is 47.5 Å². The van der Waals surface area contributed by atoms with E-state index >= 15 is 0 Å². The van der Waals surface area contributed by atoms with Crippen LogP contribution in [0.4, 0.5) is 5.69 Å². The van der Waals surface area contributed by atoms with E-state index < -0.39 is 0 Å². The van der Waals surface area contributed by atoms with Crippen molar-refractivity contribution in [2.24, 2.45) is 7.05 Å². The van der Waals surface area contributed by atoms with Crippen molar-refractivity contribution >= 4 is 35.0 Å². The summed E-state index contributed by atoms with van der Waals surface area (Å²) in [5.41, 5.74) is 1.44. The van der Waals surface area contributed by atoms with Crippen molar-refractivity contribution in [2.75, 3.05) is 25.3 Å². The first-order chi connectivity index (χ1) is 13.5. The standard InChI is InChI=1S/C19H19ClN4O3S/c1-24-18(12-7-5-4-6-8-12)22-23-19(24)28-11-17(25)21-14-9-13(20)15(26-2)10-16(14)27-3/h4-10H,11H2,1-3H3,(H,21,25). The van der Waals surface area contributed by atoms with Crippen molar-refractivity contribution in [3.63, 3.8) is 0 Å². The maximum atomic E-state index is 12.4. The quantitative estimate of drug-likeness (QED) is 0.586. The first-order valence-corrected chi connectivity index (χ1v) is 9.68. The summed E-state index contributed by atoms with van der Waals surface area (Å²) in [7, 11) is 4.90. The number of ether oxygens (including phenoxy) is 2. The van der Waals surface area contributed by atoms with E-state index in [-0.39, 0.29) is 11.7 Å². The molecule has 2 aromatic carbocycles. The predicted molar refractivity (Wildman–Crippen MR) is 110 cm³/mol. The lowest BCUT2D eigenvalue weighted by Gasteiger charge is -2.13. The highest BCUT2D eigenvalue weighted by Gasteiger charge is 2.15. The first kappa shape index (κ1) is 20.0. The van der Waals surface area contributed by atoms with Gasteiger partial charge >= 0.3 is 0 Å². The number of aromatic nitrogens is 3. The summed E-state index contributed by atoms with van der Waals surface area (Å²) in [6.07, 6.45) is 0. The third kappa shape index (κ3) is 4.40. The number of benzene rings is 2. The minimum atomic E-state index is -0.214. The molecule has 0 aliphatic heterocycles. The van der Waals surface area contributed by atoms with Gasteiger partial charge in [-0.05, 0) is 6.07 Å². The van der Waals surface area contributed by atoms with Gasteiger partial charge in [0, 0.05) is 18.7 Å². The Balaban J connectivity index is 1.67. The molecule has 3 rings (SSSR count). The molecule has 0 saturated carbocycles. The van der Waals surface area contributed by atoms with Gasteiger partial charge in [0.2, 0.25) is 5.91 Å². The molecular weight excluding hydrogens is 400 g/mol. The Morgan fingerprint density at radius 3 is 2.54 bits per heavy atom. The van der Waals surface area contributed by atoms with Crippen LogP contribution in [0.5, 0.6) is 11.5 Å². The molecule has 1 amide bonds. The van der Waals surface area contributed by atoms with Crippen LogP contribution in [-0.2, 0) is 11.8 Å². The zero-order valence-electron chi connectivity index (χ0n) is 15.6. The molecule has 0 fully saturated rings. The number of carbonyl (C=O) groups excluding carboxylic acids is 1. The number of methoxy groups -OCH3 is 2. The van der Waals surface area contributed by atoms with Crippen molar-refractivity contribution in [2.45, 2.75) is 5.16 Å². The smallest absolute Gasteiger partial charge is 0.234 e. The second-order valence-corrected chi connectivity index (χ2v) is 7.10. The fourth-order valence-electron chi connectivity index (χ4n) is 2.55. The molecule has 7 nitrogen and oxygen atoms in total. The summed E-state index contributed by atoms with van der Waals surface area (Å²) in [5.74, 6) is 1.62. The summed E-state index contributed by atoms with van der Waals surface area (Å²) >= 11 is 7.43. The Morgan fingerprint density at radius 1 is 1.14 bits per heavy atom. The molecule has 1 aromatic heterocycles. The number of thioether (sulfide) groups is 1. The van der Waals surface area contributed by atoms with Crippen molar-refractivity contribution in [1.82, 2.24) is 14.8 Å². The summed E-state index contributed by atoms with van der Waals surface area (Å²) in [6.45, 7) is 0. The van der Waals surface area contributed by atoms with Crippen LogP contribution in [0.15, 0.2) is 47.6 Å². The van der Waals surface area contributed by atoms with E-state index in [9.17, 15) is 4.79 Å². The molecule has 0 bridgehead atoms. The Morgan fingerprint density at radius 2 is 1.86 bits per heavy atom. The summed E-state index contributed by atoms with van der Waals surface area (Å²) in [6, 6.07) is 13.0. The van der Waals surface area contributed by atoms with Crippen LogP contribution in [0.2, 0.25) is 5.02 Å². The minimum Gasteiger partial charge on any atom is -0.495 e. The normalized spacial score (nSPS) is 10.6. The predicted octanol–water partition coefficient (Wildman–Crippen LogP) is 3.88. The lowest BCUT2D eigenvalue weighted by atomic mass is 10.2. The number of carbonyl (C=O) groups is 1. The third-order valence-electron chi connectivity index (χ3n) is 3.95. The largest absolute Gasteiger partial charge is 0.495 e. The summed E-state index contributed by atoms with van der Waals surface area (Å²) < 4.78 is 12.3. The van der Waals surface area contributed by atoms with Gasteiger partial charge in [0.05, 0.1) is 30.7 Å². The minimum absolute atomic E-state index is 0.160. The fourth-order valence-corrected chi connectivity index (χ4v) is 3.51. The van der Waals surface area contributed by atoms with E-state index in [0.717, 1.165) is 11.4 Å². The van der Waals surface area contributed by atoms with Crippen LogP contribution in [-0.4, -0.2) is 40.6 Å². The number of nitrogens with one attached hydrogen (secondary N) is 1. The zero-order chi connectivity index (χ0) is 20.1. The van der Waals surface area contributed by atoms with Crippen molar-refractivity contribution in [1.29, 1.82) is 0 Å². The van der Waals surface area contributed by atoms with Gasteiger partial charge in [-0.2, -0.15) is 0 Å². The molecule has 1 heterocycles. The van der Waals surface area contributed by atoms with Crippen LogP contribution in [0, 0.1) is 0 Å². The molecule has 0 radical (unpaired) electrons. The maximum Gasteiger partial charge on any atom is 0.234 e. The molecule has 1 N–H and O–H groups in total. The fraction of sp³-hybridized carbons (Fsp3) is 0.211. The van der Waals surface area contributed by atoms with E-state index in [1.807, 2.05) is 41.9 Å². The second-order valence-electron chi connectivity index (χ2n) is 5.76. The highest BCUT2D eigenvalue weighted by atomic mass is 35.5. The average Bonchev–Trinajstić information content (AvgIpc) is 3.07. The lowest BCUT2D eigenvalue weighted by Crippen LogP contribution is -2.15. The average molecular weight is 419 g/mol. The Hall–Kier alpha value is -2.71. The number of amides is 1. The van der Waals surface area contributed by atoms with Gasteiger partial charge in [0.15, 0.2) is 11.0 Å². The van der Waals surface area contributed by atoms with Crippen LogP contribution >= 0.6 is 23.4 Å². The van der Waals surface area contributed by atoms with Crippen LogP contribution in [0.1, 0.15) is 0 Å². The number of halogens is 1. The van der Waals surface area contributed by atoms with Crippen LogP contribution in [0.25, 0.3) is 11.4 Å². The maximum absolute atomic E-state index is 12.4. The number of anilines is 1. The number of nitrogens with zero attached hydrogens (tertiary/aromatic N) is 3. The summed E-state index contributed by atoms with van der Waals surface area (Å²) in [5, 5.41) is 12.2. The van der Waals surface area contributed by atoms with Crippen LogP contribution in [0.3, 0.4) is 0 Å². The zero-order valence-corrected chi connectivity index (χ0v) is 17.2. The second kappa shape index (κ2) is 8.99. The Kier molecular flexibility index (Phi) is 6.43. The van der Waals surface area contributed by atoms with Gasteiger partial charge in [-0.1, -0.05) is 53.7 Å². The highest BCUT2D eigenvalue weighted by Crippen LogP contribution is 2.36. The molecule has 0 aliphatic rings. The molecular formula is C19H19ClN4O3S. The molecule has 0 unspecified atom stereocenters. The van der Waals surface area contributed by atoms with E-state index in [2.05, 4.69) is 15.5 Å². The van der Waals surface area contributed by atoms with Crippen LogP contribution < -0.4 is 14.8 Å². The van der Waals surface area contributed by atoms with Gasteiger partial charge in [0.25, 0.3) is 0 Å². The van der Waals surface area contributed by atoms with Gasteiger partial charge in [-0.25, -0.2) is 0 Å². The van der Waals surface area contributed by atoms with Gasteiger partial charge in [-0.15, -0.1) is 10.2 Å².